The molecule has 0 fully saturated rings. The van der Waals surface area contributed by atoms with E-state index in [1.807, 2.05) is 24.3 Å². The van der Waals surface area contributed by atoms with Gasteiger partial charge in [0.2, 0.25) is 11.8 Å². The molecule has 0 bridgehead atoms. The summed E-state index contributed by atoms with van der Waals surface area (Å²) in [5, 5.41) is 7.58. The Labute approximate surface area is 198 Å². The number of rotatable bonds is 6. The number of aromatic nitrogens is 3. The number of thioether (sulfide) groups is 1. The zero-order valence-corrected chi connectivity index (χ0v) is 19.8. The van der Waals surface area contributed by atoms with Crippen molar-refractivity contribution in [3.05, 3.63) is 56.8 Å². The fourth-order valence-electron chi connectivity index (χ4n) is 4.04. The van der Waals surface area contributed by atoms with Gasteiger partial charge in [0.05, 0.1) is 29.6 Å². The molecular weight excluding hydrogens is 460 g/mol. The summed E-state index contributed by atoms with van der Waals surface area (Å²) >= 11 is 2.79. The number of hydrogen-bond acceptors (Lipinski definition) is 8. The number of aryl methyl sites for hydroxylation is 3. The van der Waals surface area contributed by atoms with Gasteiger partial charge >= 0.3 is 0 Å². The number of para-hydroxylation sites is 2. The number of benzene rings is 1. The zero-order valence-electron chi connectivity index (χ0n) is 18.2. The number of anilines is 1. The minimum absolute atomic E-state index is 0.0535. The Morgan fingerprint density at radius 1 is 1.30 bits per heavy atom. The molecule has 4 aromatic rings. The molecule has 0 saturated heterocycles. The summed E-state index contributed by atoms with van der Waals surface area (Å²) < 4.78 is 12.2. The van der Waals surface area contributed by atoms with Gasteiger partial charge in [-0.3, -0.25) is 19.5 Å². The SMILES string of the molecule is COc1ccccc1-n1c(SCC(=O)Nc2cc(C)no2)nc2sc3c(c2c1=O)CCCC3. The second kappa shape index (κ2) is 9.03. The summed E-state index contributed by atoms with van der Waals surface area (Å²) in [4.78, 5) is 33.2. The first-order valence-electron chi connectivity index (χ1n) is 10.6. The molecule has 1 aliphatic rings. The van der Waals surface area contributed by atoms with Crippen molar-refractivity contribution in [3.8, 4) is 11.4 Å². The molecular formula is C23H22N4O4S2. The van der Waals surface area contributed by atoms with Crippen LogP contribution in [-0.4, -0.2) is 33.5 Å². The normalized spacial score (nSPS) is 13.2. The Kier molecular flexibility index (Phi) is 5.94. The van der Waals surface area contributed by atoms with E-state index in [-0.39, 0.29) is 23.1 Å². The van der Waals surface area contributed by atoms with E-state index >= 15 is 0 Å². The average molecular weight is 483 g/mol. The van der Waals surface area contributed by atoms with Crippen LogP contribution in [0.2, 0.25) is 0 Å². The third-order valence-electron chi connectivity index (χ3n) is 5.51. The maximum absolute atomic E-state index is 13.8. The van der Waals surface area contributed by atoms with E-state index in [1.54, 1.807) is 36.0 Å². The number of hydrogen-bond donors (Lipinski definition) is 1. The van der Waals surface area contributed by atoms with Gasteiger partial charge in [-0.2, -0.15) is 0 Å². The first kappa shape index (κ1) is 21.7. The van der Waals surface area contributed by atoms with Crippen molar-refractivity contribution in [2.45, 2.75) is 37.8 Å². The summed E-state index contributed by atoms with van der Waals surface area (Å²) in [7, 11) is 1.57. The smallest absolute Gasteiger partial charge is 0.267 e. The van der Waals surface area contributed by atoms with Gasteiger partial charge in [-0.1, -0.05) is 29.1 Å². The molecule has 1 amide bonds. The average Bonchev–Trinajstić information content (AvgIpc) is 3.40. The Hall–Kier alpha value is -3.11. The quantitative estimate of drug-likeness (QED) is 0.322. The monoisotopic (exact) mass is 482 g/mol. The molecule has 170 valence electrons. The highest BCUT2D eigenvalue weighted by Gasteiger charge is 2.24. The summed E-state index contributed by atoms with van der Waals surface area (Å²) in [6.07, 6.45) is 4.07. The molecule has 0 unspecified atom stereocenters. The van der Waals surface area contributed by atoms with Gasteiger partial charge in [-0.25, -0.2) is 4.98 Å². The van der Waals surface area contributed by atoms with Gasteiger partial charge in [0.1, 0.15) is 10.6 Å². The Balaban J connectivity index is 1.57. The molecule has 10 heteroatoms. The van der Waals surface area contributed by atoms with Gasteiger partial charge in [-0.15, -0.1) is 11.3 Å². The zero-order chi connectivity index (χ0) is 22.9. The molecule has 0 saturated carbocycles. The minimum atomic E-state index is -0.275. The number of carbonyl (C=O) groups is 1. The van der Waals surface area contributed by atoms with Gasteiger partial charge in [0, 0.05) is 10.9 Å². The molecule has 0 aliphatic heterocycles. The lowest BCUT2D eigenvalue weighted by Gasteiger charge is -2.15. The summed E-state index contributed by atoms with van der Waals surface area (Å²) in [5.74, 6) is 0.628. The Morgan fingerprint density at radius 3 is 2.91 bits per heavy atom. The maximum Gasteiger partial charge on any atom is 0.267 e. The minimum Gasteiger partial charge on any atom is -0.495 e. The summed E-state index contributed by atoms with van der Waals surface area (Å²) in [5.41, 5.74) is 2.27. The predicted octanol–water partition coefficient (Wildman–Crippen LogP) is 4.36. The summed E-state index contributed by atoms with van der Waals surface area (Å²) in [6, 6.07) is 8.99. The van der Waals surface area contributed by atoms with Crippen LogP contribution in [0.5, 0.6) is 5.75 Å². The first-order valence-corrected chi connectivity index (χ1v) is 12.4. The van der Waals surface area contributed by atoms with Crippen LogP contribution in [0.15, 0.2) is 44.8 Å². The van der Waals surface area contributed by atoms with E-state index in [0.29, 0.717) is 27.7 Å². The van der Waals surface area contributed by atoms with Crippen LogP contribution in [0.3, 0.4) is 0 Å². The van der Waals surface area contributed by atoms with Crippen molar-refractivity contribution in [2.24, 2.45) is 0 Å². The molecule has 3 aromatic heterocycles. The number of amides is 1. The topological polar surface area (TPSA) is 99.2 Å². The number of methoxy groups -OCH3 is 1. The van der Waals surface area contributed by atoms with E-state index < -0.39 is 0 Å². The number of nitrogens with one attached hydrogen (secondary N) is 1. The van der Waals surface area contributed by atoms with E-state index in [1.165, 1.54) is 16.6 Å². The molecule has 33 heavy (non-hydrogen) atoms. The number of ether oxygens (including phenoxy) is 1. The van der Waals surface area contributed by atoms with Crippen molar-refractivity contribution in [1.29, 1.82) is 0 Å². The van der Waals surface area contributed by atoms with E-state index in [0.717, 1.165) is 36.1 Å². The van der Waals surface area contributed by atoms with Crippen molar-refractivity contribution < 1.29 is 14.1 Å². The van der Waals surface area contributed by atoms with E-state index in [9.17, 15) is 9.59 Å². The molecule has 1 aliphatic carbocycles. The highest BCUT2D eigenvalue weighted by atomic mass is 32.2. The van der Waals surface area contributed by atoms with Crippen LogP contribution in [0.4, 0.5) is 5.88 Å². The number of nitrogens with zero attached hydrogens (tertiary/aromatic N) is 3. The largest absolute Gasteiger partial charge is 0.495 e. The van der Waals surface area contributed by atoms with Gasteiger partial charge in [-0.05, 0) is 50.3 Å². The van der Waals surface area contributed by atoms with Crippen molar-refractivity contribution in [2.75, 3.05) is 18.2 Å². The lowest BCUT2D eigenvalue weighted by Crippen LogP contribution is -2.23. The van der Waals surface area contributed by atoms with Crippen molar-refractivity contribution in [1.82, 2.24) is 14.7 Å². The van der Waals surface area contributed by atoms with Gasteiger partial charge in [0.15, 0.2) is 5.16 Å². The fourth-order valence-corrected chi connectivity index (χ4v) is 6.14. The second-order valence-corrected chi connectivity index (χ2v) is 9.79. The van der Waals surface area contributed by atoms with E-state index in [2.05, 4.69) is 10.5 Å². The van der Waals surface area contributed by atoms with Crippen LogP contribution < -0.4 is 15.6 Å². The molecule has 1 N–H and O–H groups in total. The van der Waals surface area contributed by atoms with Crippen molar-refractivity contribution in [3.63, 3.8) is 0 Å². The molecule has 3 heterocycles. The molecule has 0 radical (unpaired) electrons. The molecule has 0 spiro atoms. The number of thiophene rings is 1. The van der Waals surface area contributed by atoms with Gasteiger partial charge < -0.3 is 9.26 Å². The van der Waals surface area contributed by atoms with E-state index in [4.69, 9.17) is 14.2 Å². The number of fused-ring (bicyclic) bond motifs is 3. The Bertz CT molecular complexity index is 1410. The van der Waals surface area contributed by atoms with Crippen LogP contribution in [0.25, 0.3) is 15.9 Å². The third kappa shape index (κ3) is 4.16. The lowest BCUT2D eigenvalue weighted by atomic mass is 9.97. The van der Waals surface area contributed by atoms with Crippen molar-refractivity contribution >= 4 is 45.1 Å². The molecule has 1 aromatic carbocycles. The highest BCUT2D eigenvalue weighted by Crippen LogP contribution is 2.36. The Morgan fingerprint density at radius 2 is 2.12 bits per heavy atom. The molecule has 5 rings (SSSR count). The standard InChI is InChI=1S/C23H22N4O4S2/c1-13-11-19(31-26-13)24-18(28)12-32-23-25-21-20(14-7-3-6-10-17(14)33-21)22(29)27(23)15-8-4-5-9-16(15)30-2/h4-5,8-9,11H,3,6-7,10,12H2,1-2H3,(H,24,28). The summed E-state index contributed by atoms with van der Waals surface area (Å²) in [6.45, 7) is 1.78. The van der Waals surface area contributed by atoms with Crippen LogP contribution >= 0.6 is 23.1 Å². The fraction of sp³-hybridized carbons (Fsp3) is 0.304. The lowest BCUT2D eigenvalue weighted by molar-refractivity contribution is -0.113. The second-order valence-electron chi connectivity index (χ2n) is 7.77. The molecule has 8 nitrogen and oxygen atoms in total. The first-order chi connectivity index (χ1) is 16.0. The molecule has 0 atom stereocenters. The third-order valence-corrected chi connectivity index (χ3v) is 7.63. The van der Waals surface area contributed by atoms with Crippen LogP contribution in [0.1, 0.15) is 29.0 Å². The highest BCUT2D eigenvalue weighted by molar-refractivity contribution is 7.99. The van der Waals surface area contributed by atoms with Crippen LogP contribution in [-0.2, 0) is 17.6 Å². The maximum atomic E-state index is 13.8. The number of carbonyl (C=O) groups excluding carboxylic acids is 1. The van der Waals surface area contributed by atoms with Gasteiger partial charge in [0.25, 0.3) is 5.56 Å². The predicted molar refractivity (Wildman–Crippen MR) is 129 cm³/mol. The van der Waals surface area contributed by atoms with Crippen LogP contribution in [0, 0.1) is 6.92 Å².